The van der Waals surface area contributed by atoms with Gasteiger partial charge in [0, 0.05) is 12.4 Å². The van der Waals surface area contributed by atoms with Gasteiger partial charge in [-0.25, -0.2) is 0 Å². The van der Waals surface area contributed by atoms with Crippen LogP contribution in [0.2, 0.25) is 0 Å². The van der Waals surface area contributed by atoms with Crippen LogP contribution >= 0.6 is 0 Å². The predicted molar refractivity (Wildman–Crippen MR) is 97.7 cm³/mol. The number of hydrogen-bond donors (Lipinski definition) is 0. The molecule has 0 aliphatic heterocycles. The summed E-state index contributed by atoms with van der Waals surface area (Å²) in [5, 5.41) is 0. The number of allylic oxidation sites excluding steroid dienone is 2. The Hall–Kier alpha value is -2.74. The molecule has 0 spiro atoms. The molecule has 2 rings (SSSR count). The molecule has 0 heterocycles. The Morgan fingerprint density at radius 2 is 1.00 bits per heavy atom. The molecule has 2 heteroatoms. The Morgan fingerprint density at radius 1 is 0.591 bits per heavy atom. The summed E-state index contributed by atoms with van der Waals surface area (Å²) in [5.74, 6) is 0. The molecule has 0 aliphatic rings. The molecular formula is C20H20N2. The zero-order chi connectivity index (χ0) is 15.3. The van der Waals surface area contributed by atoms with E-state index in [-0.39, 0.29) is 0 Å². The molecule has 22 heavy (non-hydrogen) atoms. The Bertz CT molecular complexity index is 578. The first-order valence-corrected chi connectivity index (χ1v) is 7.38. The first-order valence-electron chi connectivity index (χ1n) is 7.38. The fourth-order valence-corrected chi connectivity index (χ4v) is 1.82. The first kappa shape index (κ1) is 15.6. The smallest absolute Gasteiger partial charge is 0.0585 e. The number of aliphatic imine (C=N–C) groups is 2. The summed E-state index contributed by atoms with van der Waals surface area (Å²) in [6, 6.07) is 20.4. The van der Waals surface area contributed by atoms with Crippen molar-refractivity contribution >= 4 is 24.6 Å². The molecule has 0 bridgehead atoms. The molecule has 0 aliphatic carbocycles. The van der Waals surface area contributed by atoms with Crippen LogP contribution in [0.25, 0.3) is 12.2 Å². The molecule has 2 aromatic rings. The van der Waals surface area contributed by atoms with E-state index in [9.17, 15) is 0 Å². The van der Waals surface area contributed by atoms with Gasteiger partial charge in [0.25, 0.3) is 0 Å². The van der Waals surface area contributed by atoms with Crippen LogP contribution < -0.4 is 0 Å². The molecule has 0 radical (unpaired) electrons. The largest absolute Gasteiger partial charge is 0.291 e. The third-order valence-corrected chi connectivity index (χ3v) is 2.92. The van der Waals surface area contributed by atoms with Gasteiger partial charge in [-0.3, -0.25) is 9.98 Å². The topological polar surface area (TPSA) is 24.7 Å². The molecule has 2 aromatic carbocycles. The molecule has 0 amide bonds. The normalized spacial score (nSPS) is 12.2. The van der Waals surface area contributed by atoms with Crippen molar-refractivity contribution in [2.45, 2.75) is 0 Å². The molecule has 0 aromatic heterocycles. The highest BCUT2D eigenvalue weighted by Crippen LogP contribution is 2.00. The van der Waals surface area contributed by atoms with Gasteiger partial charge >= 0.3 is 0 Å². The molecule has 0 fully saturated rings. The minimum Gasteiger partial charge on any atom is -0.291 e. The molecule has 110 valence electrons. The van der Waals surface area contributed by atoms with Crippen molar-refractivity contribution < 1.29 is 0 Å². The lowest BCUT2D eigenvalue weighted by Crippen LogP contribution is -1.86. The summed E-state index contributed by atoms with van der Waals surface area (Å²) in [7, 11) is 0. The number of nitrogens with zero attached hydrogens (tertiary/aromatic N) is 2. The van der Waals surface area contributed by atoms with Gasteiger partial charge in [0.1, 0.15) is 0 Å². The monoisotopic (exact) mass is 288 g/mol. The van der Waals surface area contributed by atoms with E-state index in [1.807, 2.05) is 73.1 Å². The maximum absolute atomic E-state index is 4.29. The maximum atomic E-state index is 4.29. The van der Waals surface area contributed by atoms with Crippen LogP contribution in [0.3, 0.4) is 0 Å². The van der Waals surface area contributed by atoms with E-state index in [2.05, 4.69) is 34.3 Å². The Morgan fingerprint density at radius 3 is 1.41 bits per heavy atom. The van der Waals surface area contributed by atoms with E-state index >= 15 is 0 Å². The van der Waals surface area contributed by atoms with E-state index < -0.39 is 0 Å². The highest BCUT2D eigenvalue weighted by Gasteiger charge is 1.81. The quantitative estimate of drug-likeness (QED) is 0.527. The number of rotatable bonds is 7. The zero-order valence-corrected chi connectivity index (χ0v) is 12.5. The van der Waals surface area contributed by atoms with Crippen LogP contribution in [0.15, 0.2) is 82.8 Å². The molecule has 0 atom stereocenters. The lowest BCUT2D eigenvalue weighted by Gasteiger charge is -1.89. The fourth-order valence-electron chi connectivity index (χ4n) is 1.82. The lowest BCUT2D eigenvalue weighted by atomic mass is 10.2. The summed E-state index contributed by atoms with van der Waals surface area (Å²) in [6.07, 6.45) is 11.6. The zero-order valence-electron chi connectivity index (χ0n) is 12.5. The second-order valence-electron chi connectivity index (χ2n) is 4.65. The van der Waals surface area contributed by atoms with Crippen molar-refractivity contribution in [2.75, 3.05) is 13.1 Å². The van der Waals surface area contributed by atoms with Crippen LogP contribution in [0.5, 0.6) is 0 Å². The number of benzene rings is 2. The van der Waals surface area contributed by atoms with E-state index in [1.54, 1.807) is 0 Å². The average molecular weight is 288 g/mol. The van der Waals surface area contributed by atoms with E-state index in [4.69, 9.17) is 0 Å². The molecule has 0 saturated heterocycles. The SMILES string of the molecule is C(/C=C/c1ccccc1)=NCCN=C/C=C/c1ccccc1. The number of hydrogen-bond acceptors (Lipinski definition) is 2. The van der Waals surface area contributed by atoms with Crippen LogP contribution in [0.1, 0.15) is 11.1 Å². The standard InChI is InChI=1S/C20H20N2/c1-3-9-19(10-4-1)13-7-15-21-17-18-22-16-8-14-20-11-5-2-6-12-20/h1-16H,17-18H2/b13-7+,14-8+,21-15?,22-16?. The second-order valence-corrected chi connectivity index (χ2v) is 4.65. The van der Waals surface area contributed by atoms with Gasteiger partial charge in [0.2, 0.25) is 0 Å². The van der Waals surface area contributed by atoms with E-state index in [0.717, 1.165) is 0 Å². The third-order valence-electron chi connectivity index (χ3n) is 2.92. The minimum absolute atomic E-state index is 0.703. The molecule has 0 N–H and O–H groups in total. The van der Waals surface area contributed by atoms with Crippen molar-refractivity contribution in [1.29, 1.82) is 0 Å². The van der Waals surface area contributed by atoms with Crippen LogP contribution in [-0.4, -0.2) is 25.5 Å². The molecule has 0 unspecified atom stereocenters. The Labute approximate surface area is 132 Å². The minimum atomic E-state index is 0.703. The van der Waals surface area contributed by atoms with Crippen molar-refractivity contribution in [3.05, 3.63) is 83.9 Å². The van der Waals surface area contributed by atoms with Crippen LogP contribution in [0, 0.1) is 0 Å². The van der Waals surface area contributed by atoms with Crippen molar-refractivity contribution in [2.24, 2.45) is 9.98 Å². The van der Waals surface area contributed by atoms with Crippen LogP contribution in [-0.2, 0) is 0 Å². The van der Waals surface area contributed by atoms with Gasteiger partial charge < -0.3 is 0 Å². The van der Waals surface area contributed by atoms with Gasteiger partial charge in [0.15, 0.2) is 0 Å². The summed E-state index contributed by atoms with van der Waals surface area (Å²) >= 11 is 0. The summed E-state index contributed by atoms with van der Waals surface area (Å²) in [6.45, 7) is 1.41. The van der Waals surface area contributed by atoms with Gasteiger partial charge in [-0.15, -0.1) is 0 Å². The summed E-state index contributed by atoms with van der Waals surface area (Å²) in [4.78, 5) is 8.59. The summed E-state index contributed by atoms with van der Waals surface area (Å²) in [5.41, 5.74) is 2.36. The predicted octanol–water partition coefficient (Wildman–Crippen LogP) is 4.55. The maximum Gasteiger partial charge on any atom is 0.0585 e. The highest BCUT2D eigenvalue weighted by molar-refractivity contribution is 5.79. The first-order chi connectivity index (χ1) is 10.9. The third kappa shape index (κ3) is 6.62. The van der Waals surface area contributed by atoms with E-state index in [1.165, 1.54) is 11.1 Å². The van der Waals surface area contributed by atoms with Crippen molar-refractivity contribution in [3.63, 3.8) is 0 Å². The van der Waals surface area contributed by atoms with Gasteiger partial charge in [0.05, 0.1) is 13.1 Å². The molecule has 0 saturated carbocycles. The van der Waals surface area contributed by atoms with Gasteiger partial charge in [-0.2, -0.15) is 0 Å². The highest BCUT2D eigenvalue weighted by atomic mass is 14.8. The van der Waals surface area contributed by atoms with Crippen molar-refractivity contribution in [1.82, 2.24) is 0 Å². The molecular weight excluding hydrogens is 268 g/mol. The summed E-state index contributed by atoms with van der Waals surface area (Å²) < 4.78 is 0. The Balaban J connectivity index is 1.62. The second kappa shape index (κ2) is 10.1. The van der Waals surface area contributed by atoms with Crippen molar-refractivity contribution in [3.8, 4) is 0 Å². The molecule has 2 nitrogen and oxygen atoms in total. The van der Waals surface area contributed by atoms with Crippen LogP contribution in [0.4, 0.5) is 0 Å². The van der Waals surface area contributed by atoms with Gasteiger partial charge in [-0.05, 0) is 23.3 Å². The lowest BCUT2D eigenvalue weighted by molar-refractivity contribution is 0.986. The average Bonchev–Trinajstić information content (AvgIpc) is 2.58. The van der Waals surface area contributed by atoms with E-state index in [0.29, 0.717) is 13.1 Å². The van der Waals surface area contributed by atoms with Gasteiger partial charge in [-0.1, -0.05) is 72.8 Å². The Kier molecular flexibility index (Phi) is 7.15. The fraction of sp³-hybridized carbons (Fsp3) is 0.100.